The van der Waals surface area contributed by atoms with Gasteiger partial charge in [0, 0.05) is 13.8 Å². The second kappa shape index (κ2) is 10.2. The summed E-state index contributed by atoms with van der Waals surface area (Å²) in [7, 11) is 0. The Morgan fingerprint density at radius 1 is 0.879 bits per heavy atom. The summed E-state index contributed by atoms with van der Waals surface area (Å²) < 4.78 is 12.5. The van der Waals surface area contributed by atoms with Gasteiger partial charge in [-0.05, 0) is 77.2 Å². The van der Waals surface area contributed by atoms with Crippen LogP contribution in [0.2, 0.25) is 0 Å². The van der Waals surface area contributed by atoms with Crippen molar-refractivity contribution in [1.29, 1.82) is 0 Å². The van der Waals surface area contributed by atoms with Crippen LogP contribution in [0, 0.1) is 16.7 Å². The molecule has 2 heteroatoms. The smallest absolute Gasteiger partial charge is 0.204 e. The first-order valence-electron chi connectivity index (χ1n) is 12.9. The molecule has 0 fully saturated rings. The van der Waals surface area contributed by atoms with Gasteiger partial charge in [-0.3, -0.25) is 0 Å². The van der Waals surface area contributed by atoms with Crippen molar-refractivity contribution in [3.8, 4) is 5.75 Å². The number of rotatable bonds is 10. The van der Waals surface area contributed by atoms with Crippen molar-refractivity contribution in [3.63, 3.8) is 0 Å². The number of benzene rings is 2. The van der Waals surface area contributed by atoms with Gasteiger partial charge in [-0.15, -0.1) is 0 Å². The topological polar surface area (TPSA) is 18.5 Å². The van der Waals surface area contributed by atoms with E-state index in [4.69, 9.17) is 9.47 Å². The average Bonchev–Trinajstić information content (AvgIpc) is 3.14. The van der Waals surface area contributed by atoms with Gasteiger partial charge in [0.2, 0.25) is 5.79 Å². The second-order valence-corrected chi connectivity index (χ2v) is 12.2. The van der Waals surface area contributed by atoms with E-state index in [1.807, 2.05) is 13.8 Å². The predicted octanol–water partition coefficient (Wildman–Crippen LogP) is 8.58. The number of aryl methyl sites for hydroxylation is 1. The van der Waals surface area contributed by atoms with Crippen LogP contribution >= 0.6 is 0 Å². The minimum atomic E-state index is -0.640. The summed E-state index contributed by atoms with van der Waals surface area (Å²) in [4.78, 5) is 0. The van der Waals surface area contributed by atoms with E-state index in [1.165, 1.54) is 29.5 Å². The van der Waals surface area contributed by atoms with Gasteiger partial charge in [-0.2, -0.15) is 0 Å². The third-order valence-electron chi connectivity index (χ3n) is 7.66. The van der Waals surface area contributed by atoms with Gasteiger partial charge in [-0.25, -0.2) is 0 Å². The van der Waals surface area contributed by atoms with E-state index in [0.717, 1.165) is 25.0 Å². The lowest BCUT2D eigenvalue weighted by atomic mass is 9.63. The predicted molar refractivity (Wildman–Crippen MR) is 140 cm³/mol. The third-order valence-corrected chi connectivity index (χ3v) is 7.66. The molecule has 2 atom stereocenters. The van der Waals surface area contributed by atoms with E-state index in [2.05, 4.69) is 90.1 Å². The van der Waals surface area contributed by atoms with Gasteiger partial charge in [0.05, 0.1) is 6.61 Å². The van der Waals surface area contributed by atoms with Gasteiger partial charge >= 0.3 is 0 Å². The fourth-order valence-corrected chi connectivity index (χ4v) is 5.45. The van der Waals surface area contributed by atoms with E-state index >= 15 is 0 Å². The highest BCUT2D eigenvalue weighted by Crippen LogP contribution is 2.55. The van der Waals surface area contributed by atoms with Crippen LogP contribution in [-0.2, 0) is 17.6 Å². The molecule has 0 N–H and O–H groups in total. The molecule has 0 heterocycles. The minimum Gasteiger partial charge on any atom is -0.463 e. The molecule has 1 aliphatic carbocycles. The van der Waals surface area contributed by atoms with Crippen molar-refractivity contribution in [2.24, 2.45) is 16.7 Å². The molecule has 1 aliphatic rings. The number of hydrogen-bond acceptors (Lipinski definition) is 2. The lowest BCUT2D eigenvalue weighted by Gasteiger charge is -2.41. The summed E-state index contributed by atoms with van der Waals surface area (Å²) in [5.41, 5.74) is 4.90. The molecule has 2 aromatic carbocycles. The molecule has 0 aromatic heterocycles. The Morgan fingerprint density at radius 2 is 1.58 bits per heavy atom. The Kier molecular flexibility index (Phi) is 7.99. The summed E-state index contributed by atoms with van der Waals surface area (Å²) in [5, 5.41) is 0. The van der Waals surface area contributed by atoms with Gasteiger partial charge in [-0.1, -0.05) is 84.4 Å². The van der Waals surface area contributed by atoms with Crippen LogP contribution in [0.3, 0.4) is 0 Å². The highest BCUT2D eigenvalue weighted by molar-refractivity contribution is 5.43. The maximum absolute atomic E-state index is 6.38. The first-order chi connectivity index (χ1) is 15.4. The molecule has 2 unspecified atom stereocenters. The number of ether oxygens (including phenoxy) is 2. The fourth-order valence-electron chi connectivity index (χ4n) is 5.45. The molecule has 0 saturated heterocycles. The van der Waals surface area contributed by atoms with Gasteiger partial charge in [0.25, 0.3) is 0 Å². The molecule has 0 saturated carbocycles. The summed E-state index contributed by atoms with van der Waals surface area (Å²) in [5.74, 6) is 1.47. The number of hydrogen-bond donors (Lipinski definition) is 0. The fraction of sp³-hybridized carbons (Fsp3) is 0.613. The SMILES string of the molecule is CCC(C)(C)C1Cc2ccc(OC(C)(C)OCCCCc3ccccc3)cc2C1C(C)(C)C. The van der Waals surface area contributed by atoms with Crippen LogP contribution in [0.15, 0.2) is 48.5 Å². The van der Waals surface area contributed by atoms with Crippen LogP contribution in [0.25, 0.3) is 0 Å². The van der Waals surface area contributed by atoms with Gasteiger partial charge in [0.1, 0.15) is 5.75 Å². The zero-order chi connectivity index (χ0) is 24.3. The Morgan fingerprint density at radius 3 is 2.21 bits per heavy atom. The van der Waals surface area contributed by atoms with Gasteiger partial charge < -0.3 is 9.47 Å². The van der Waals surface area contributed by atoms with Gasteiger partial charge in [0.15, 0.2) is 0 Å². The van der Waals surface area contributed by atoms with Crippen molar-refractivity contribution >= 4 is 0 Å². The Hall–Kier alpha value is -1.80. The Labute approximate surface area is 203 Å². The largest absolute Gasteiger partial charge is 0.463 e. The quantitative estimate of drug-likeness (QED) is 0.266. The standard InChI is InChI=1S/C31H46O2/c1-9-30(5,6)27-21-24-18-19-25(22-26(24)28(27)29(2,3)4)33-31(7,8)32-20-14-13-17-23-15-11-10-12-16-23/h10-12,15-16,18-19,22,27-28H,9,13-14,17,20-21H2,1-8H3. The van der Waals surface area contributed by atoms with Crippen molar-refractivity contribution in [2.45, 2.75) is 99.2 Å². The highest BCUT2D eigenvalue weighted by Gasteiger charge is 2.46. The molecule has 0 radical (unpaired) electrons. The maximum atomic E-state index is 6.38. The van der Waals surface area contributed by atoms with Crippen LogP contribution in [0.5, 0.6) is 5.75 Å². The van der Waals surface area contributed by atoms with Crippen LogP contribution in [-0.4, -0.2) is 12.4 Å². The third kappa shape index (κ3) is 6.63. The van der Waals surface area contributed by atoms with E-state index in [0.29, 0.717) is 23.9 Å². The molecule has 0 bridgehead atoms. The second-order valence-electron chi connectivity index (χ2n) is 12.2. The first kappa shape index (κ1) is 25.8. The summed E-state index contributed by atoms with van der Waals surface area (Å²) in [6.45, 7) is 19.1. The van der Waals surface area contributed by atoms with E-state index < -0.39 is 5.79 Å². The molecular weight excluding hydrogens is 404 g/mol. The maximum Gasteiger partial charge on any atom is 0.204 e. The highest BCUT2D eigenvalue weighted by atomic mass is 16.7. The van der Waals surface area contributed by atoms with Crippen molar-refractivity contribution in [1.82, 2.24) is 0 Å². The molecular formula is C31H46O2. The van der Waals surface area contributed by atoms with E-state index in [-0.39, 0.29) is 5.41 Å². The molecule has 33 heavy (non-hydrogen) atoms. The van der Waals surface area contributed by atoms with Crippen molar-refractivity contribution in [2.75, 3.05) is 6.61 Å². The van der Waals surface area contributed by atoms with Crippen LogP contribution in [0.1, 0.15) is 97.3 Å². The Bertz CT molecular complexity index is 889. The molecule has 3 rings (SSSR count). The first-order valence-corrected chi connectivity index (χ1v) is 12.9. The Balaban J connectivity index is 1.62. The lowest BCUT2D eigenvalue weighted by molar-refractivity contribution is -0.156. The monoisotopic (exact) mass is 450 g/mol. The van der Waals surface area contributed by atoms with E-state index in [9.17, 15) is 0 Å². The zero-order valence-corrected chi connectivity index (χ0v) is 22.3. The summed E-state index contributed by atoms with van der Waals surface area (Å²) >= 11 is 0. The molecule has 0 aliphatic heterocycles. The van der Waals surface area contributed by atoms with E-state index in [1.54, 1.807) is 0 Å². The van der Waals surface area contributed by atoms with Crippen LogP contribution in [0.4, 0.5) is 0 Å². The van der Waals surface area contributed by atoms with Crippen molar-refractivity contribution < 1.29 is 9.47 Å². The average molecular weight is 451 g/mol. The number of unbranched alkanes of at least 4 members (excludes halogenated alkanes) is 1. The molecule has 0 amide bonds. The molecule has 182 valence electrons. The zero-order valence-electron chi connectivity index (χ0n) is 22.3. The molecule has 2 nitrogen and oxygen atoms in total. The summed E-state index contributed by atoms with van der Waals surface area (Å²) in [6, 6.07) is 17.4. The lowest BCUT2D eigenvalue weighted by Crippen LogP contribution is -2.33. The molecule has 0 spiro atoms. The molecule has 2 aromatic rings. The minimum absolute atomic E-state index is 0.214. The normalized spacial score (nSPS) is 18.9. The number of fused-ring (bicyclic) bond motifs is 1. The van der Waals surface area contributed by atoms with Crippen LogP contribution < -0.4 is 4.74 Å². The van der Waals surface area contributed by atoms with Crippen molar-refractivity contribution in [3.05, 3.63) is 65.2 Å². The summed E-state index contributed by atoms with van der Waals surface area (Å²) in [6.07, 6.45) is 5.62.